The number of phosphoric ester groups is 1. The first kappa shape index (κ1) is 12.0. The lowest BCUT2D eigenvalue weighted by Gasteiger charge is -2.15. The fourth-order valence-corrected chi connectivity index (χ4v) is 1.84. The Morgan fingerprint density at radius 2 is 1.83 bits per heavy atom. The predicted octanol–water partition coefficient (Wildman–Crippen LogP) is 2.89. The van der Waals surface area contributed by atoms with Crippen molar-refractivity contribution in [3.63, 3.8) is 0 Å². The highest BCUT2D eigenvalue weighted by Gasteiger charge is 2.26. The number of hydrogen-bond acceptors (Lipinski definition) is 4. The molecule has 0 N–H and O–H groups in total. The molecule has 0 radical (unpaired) electrons. The Bertz CT molecular complexity index is 184. The molecule has 0 rings (SSSR count). The Morgan fingerprint density at radius 3 is 2.08 bits per heavy atom. The number of hydrogen-bond donors (Lipinski definition) is 0. The SMILES string of the molecule is C=C(Cl)OP(=O)(OCC)OCC. The zero-order valence-corrected chi connectivity index (χ0v) is 8.73. The predicted molar refractivity (Wildman–Crippen MR) is 46.9 cm³/mol. The van der Waals surface area contributed by atoms with E-state index in [-0.39, 0.29) is 18.4 Å². The summed E-state index contributed by atoms with van der Waals surface area (Å²) >= 11 is 5.28. The summed E-state index contributed by atoms with van der Waals surface area (Å²) in [4.78, 5) is 0. The van der Waals surface area contributed by atoms with Gasteiger partial charge in [0, 0.05) is 0 Å². The van der Waals surface area contributed by atoms with Crippen molar-refractivity contribution in [1.82, 2.24) is 0 Å². The van der Waals surface area contributed by atoms with E-state index in [0.29, 0.717) is 0 Å². The molecule has 0 amide bonds. The average Bonchev–Trinajstić information content (AvgIpc) is 1.85. The van der Waals surface area contributed by atoms with E-state index < -0.39 is 7.82 Å². The molecule has 0 aromatic carbocycles. The molecule has 0 aliphatic heterocycles. The van der Waals surface area contributed by atoms with E-state index in [2.05, 4.69) is 11.1 Å². The molecule has 0 fully saturated rings. The van der Waals surface area contributed by atoms with Gasteiger partial charge in [-0.3, -0.25) is 9.05 Å². The Morgan fingerprint density at radius 1 is 1.42 bits per heavy atom. The van der Waals surface area contributed by atoms with E-state index in [4.69, 9.17) is 20.6 Å². The maximum atomic E-state index is 11.4. The van der Waals surface area contributed by atoms with Gasteiger partial charge in [-0.15, -0.1) is 0 Å². The molecule has 0 spiro atoms. The molecule has 0 unspecified atom stereocenters. The van der Waals surface area contributed by atoms with Crippen molar-refractivity contribution in [2.45, 2.75) is 13.8 Å². The summed E-state index contributed by atoms with van der Waals surface area (Å²) in [7, 11) is -3.51. The van der Waals surface area contributed by atoms with Crippen LogP contribution in [0, 0.1) is 0 Å². The molecule has 4 nitrogen and oxygen atoms in total. The fourth-order valence-electron chi connectivity index (χ4n) is 0.528. The highest BCUT2D eigenvalue weighted by Crippen LogP contribution is 2.51. The van der Waals surface area contributed by atoms with Crippen LogP contribution in [0.4, 0.5) is 0 Å². The highest BCUT2D eigenvalue weighted by molar-refractivity contribution is 7.48. The summed E-state index contributed by atoms with van der Waals surface area (Å²) in [6, 6.07) is 0. The lowest BCUT2D eigenvalue weighted by Crippen LogP contribution is -1.97. The minimum Gasteiger partial charge on any atom is -0.393 e. The van der Waals surface area contributed by atoms with Crippen LogP contribution < -0.4 is 0 Å². The highest BCUT2D eigenvalue weighted by atomic mass is 35.5. The molecule has 72 valence electrons. The van der Waals surface area contributed by atoms with Gasteiger partial charge in [0.05, 0.1) is 13.2 Å². The normalized spacial score (nSPS) is 11.2. The van der Waals surface area contributed by atoms with Gasteiger partial charge < -0.3 is 4.52 Å². The zero-order valence-electron chi connectivity index (χ0n) is 7.08. The first-order valence-electron chi connectivity index (χ1n) is 3.47. The summed E-state index contributed by atoms with van der Waals surface area (Å²) in [5.41, 5.74) is 0. The van der Waals surface area contributed by atoms with Crippen molar-refractivity contribution < 1.29 is 18.1 Å². The van der Waals surface area contributed by atoms with Crippen LogP contribution in [-0.4, -0.2) is 13.2 Å². The van der Waals surface area contributed by atoms with Crippen LogP contribution in [0.2, 0.25) is 0 Å². The summed E-state index contributed by atoms with van der Waals surface area (Å²) < 4.78 is 25.5. The van der Waals surface area contributed by atoms with Crippen LogP contribution in [0.25, 0.3) is 0 Å². The lowest BCUT2D eigenvalue weighted by atomic mass is 10.9. The van der Waals surface area contributed by atoms with Gasteiger partial charge in [0.2, 0.25) is 0 Å². The third-order valence-corrected chi connectivity index (χ3v) is 2.56. The summed E-state index contributed by atoms with van der Waals surface area (Å²) in [6.07, 6.45) is 0. The Hall–Kier alpha value is -0.0200. The molecule has 12 heavy (non-hydrogen) atoms. The maximum Gasteiger partial charge on any atom is 0.530 e. The Kier molecular flexibility index (Phi) is 5.59. The molecule has 0 heterocycles. The van der Waals surface area contributed by atoms with Crippen molar-refractivity contribution in [2.24, 2.45) is 0 Å². The van der Waals surface area contributed by atoms with Crippen LogP contribution in [0.5, 0.6) is 0 Å². The monoisotopic (exact) mass is 214 g/mol. The number of phosphoric acid groups is 1. The van der Waals surface area contributed by atoms with Crippen molar-refractivity contribution in [3.8, 4) is 0 Å². The summed E-state index contributed by atoms with van der Waals surface area (Å²) in [5, 5.41) is -0.208. The van der Waals surface area contributed by atoms with E-state index in [1.807, 2.05) is 0 Å². The minimum atomic E-state index is -3.51. The Labute approximate surface area is 77.1 Å². The number of rotatable bonds is 6. The van der Waals surface area contributed by atoms with E-state index >= 15 is 0 Å². The second kappa shape index (κ2) is 5.60. The molecule has 0 bridgehead atoms. The van der Waals surface area contributed by atoms with Crippen LogP contribution in [0.1, 0.15) is 13.8 Å². The lowest BCUT2D eigenvalue weighted by molar-refractivity contribution is 0.151. The van der Waals surface area contributed by atoms with Gasteiger partial charge in [-0.1, -0.05) is 0 Å². The Balaban J connectivity index is 4.18. The molecule has 0 aliphatic carbocycles. The van der Waals surface area contributed by atoms with Crippen LogP contribution in [-0.2, 0) is 18.1 Å². The first-order chi connectivity index (χ1) is 5.54. The van der Waals surface area contributed by atoms with E-state index in [1.165, 1.54) is 0 Å². The first-order valence-corrected chi connectivity index (χ1v) is 5.31. The molecular formula is C6H12ClO4P. The smallest absolute Gasteiger partial charge is 0.393 e. The van der Waals surface area contributed by atoms with Gasteiger partial charge in [-0.05, 0) is 32.0 Å². The number of halogens is 1. The van der Waals surface area contributed by atoms with Crippen LogP contribution >= 0.6 is 19.4 Å². The van der Waals surface area contributed by atoms with E-state index in [9.17, 15) is 4.57 Å². The molecule has 6 heteroatoms. The van der Waals surface area contributed by atoms with Gasteiger partial charge in [-0.25, -0.2) is 4.57 Å². The zero-order chi connectivity index (χ0) is 9.61. The largest absolute Gasteiger partial charge is 0.530 e. The van der Waals surface area contributed by atoms with Gasteiger partial charge in [-0.2, -0.15) is 0 Å². The van der Waals surface area contributed by atoms with E-state index in [0.717, 1.165) is 0 Å². The van der Waals surface area contributed by atoms with Crippen LogP contribution in [0.15, 0.2) is 11.8 Å². The van der Waals surface area contributed by atoms with Gasteiger partial charge in [0.25, 0.3) is 0 Å². The second-order valence-corrected chi connectivity index (χ2v) is 3.74. The van der Waals surface area contributed by atoms with Crippen molar-refractivity contribution in [3.05, 3.63) is 11.8 Å². The second-order valence-electron chi connectivity index (χ2n) is 1.73. The molecule has 0 aromatic rings. The fraction of sp³-hybridized carbons (Fsp3) is 0.667. The molecule has 0 saturated carbocycles. The van der Waals surface area contributed by atoms with Crippen molar-refractivity contribution in [2.75, 3.05) is 13.2 Å². The van der Waals surface area contributed by atoms with Crippen molar-refractivity contribution in [1.29, 1.82) is 0 Å². The molecule has 0 aliphatic rings. The van der Waals surface area contributed by atoms with Crippen molar-refractivity contribution >= 4 is 19.4 Å². The quantitative estimate of drug-likeness (QED) is 0.504. The maximum absolute atomic E-state index is 11.4. The average molecular weight is 215 g/mol. The van der Waals surface area contributed by atoms with Gasteiger partial charge >= 0.3 is 7.82 Å². The van der Waals surface area contributed by atoms with Gasteiger partial charge in [0.1, 0.15) is 0 Å². The molecule has 0 atom stereocenters. The molecular weight excluding hydrogens is 202 g/mol. The van der Waals surface area contributed by atoms with Crippen LogP contribution in [0.3, 0.4) is 0 Å². The molecule has 0 saturated heterocycles. The topological polar surface area (TPSA) is 44.8 Å². The van der Waals surface area contributed by atoms with E-state index in [1.54, 1.807) is 13.8 Å². The third-order valence-electron chi connectivity index (χ3n) is 0.785. The molecule has 0 aromatic heterocycles. The minimum absolute atomic E-state index is 0.208. The summed E-state index contributed by atoms with van der Waals surface area (Å²) in [6.45, 7) is 7.01. The third kappa shape index (κ3) is 4.78. The standard InChI is InChI=1S/C6H12ClO4P/c1-4-9-12(8,10-5-2)11-6(3)7/h3-5H2,1-2H3. The van der Waals surface area contributed by atoms with Gasteiger partial charge in [0.15, 0.2) is 5.22 Å². The summed E-state index contributed by atoms with van der Waals surface area (Å²) in [5.74, 6) is 0.